The Bertz CT molecular complexity index is 425. The van der Waals surface area contributed by atoms with Crippen molar-refractivity contribution in [3.63, 3.8) is 0 Å². The van der Waals surface area contributed by atoms with Crippen LogP contribution in [0.25, 0.3) is 0 Å². The van der Waals surface area contributed by atoms with E-state index in [1.54, 1.807) is 7.11 Å². The minimum atomic E-state index is 0.700. The van der Waals surface area contributed by atoms with E-state index < -0.39 is 0 Å². The summed E-state index contributed by atoms with van der Waals surface area (Å²) in [5.74, 6) is 2.58. The number of benzene rings is 1. The lowest BCUT2D eigenvalue weighted by Gasteiger charge is -2.38. The van der Waals surface area contributed by atoms with Crippen LogP contribution in [0.3, 0.4) is 0 Å². The molecule has 1 N–H and O–H groups in total. The molecule has 1 aromatic carbocycles. The molecular formula is C16H23NO. The molecule has 2 atom stereocenters. The normalized spacial score (nSPS) is 26.8. The quantitative estimate of drug-likeness (QED) is 0.860. The lowest BCUT2D eigenvalue weighted by molar-refractivity contribution is 0.239. The highest BCUT2D eigenvalue weighted by atomic mass is 16.5. The predicted octanol–water partition coefficient (Wildman–Crippen LogP) is 3.25. The van der Waals surface area contributed by atoms with Gasteiger partial charge in [0.2, 0.25) is 0 Å². The van der Waals surface area contributed by atoms with Gasteiger partial charge in [0, 0.05) is 6.04 Å². The first-order valence-corrected chi connectivity index (χ1v) is 7.16. The predicted molar refractivity (Wildman–Crippen MR) is 74.2 cm³/mol. The summed E-state index contributed by atoms with van der Waals surface area (Å²) in [5.41, 5.74) is 2.76. The number of hydrogen-bond acceptors (Lipinski definition) is 2. The van der Waals surface area contributed by atoms with E-state index in [2.05, 4.69) is 30.4 Å². The third kappa shape index (κ3) is 2.39. The van der Waals surface area contributed by atoms with Crippen LogP contribution in [0.2, 0.25) is 0 Å². The first-order chi connectivity index (χ1) is 8.78. The number of hydrogen-bond donors (Lipinski definition) is 1. The fraction of sp³-hybridized carbons (Fsp3) is 0.625. The van der Waals surface area contributed by atoms with Gasteiger partial charge in [0.05, 0.1) is 7.11 Å². The second kappa shape index (κ2) is 4.93. The second-order valence-electron chi connectivity index (χ2n) is 5.87. The number of aryl methyl sites for hydroxylation is 1. The van der Waals surface area contributed by atoms with Crippen LogP contribution < -0.4 is 10.1 Å². The molecule has 2 nitrogen and oxygen atoms in total. The van der Waals surface area contributed by atoms with Gasteiger partial charge in [0.15, 0.2) is 0 Å². The summed E-state index contributed by atoms with van der Waals surface area (Å²) >= 11 is 0. The monoisotopic (exact) mass is 245 g/mol. The summed E-state index contributed by atoms with van der Waals surface area (Å²) in [5, 5.41) is 3.67. The van der Waals surface area contributed by atoms with Crippen molar-refractivity contribution < 1.29 is 4.74 Å². The topological polar surface area (TPSA) is 21.3 Å². The molecule has 2 unspecified atom stereocenters. The van der Waals surface area contributed by atoms with Gasteiger partial charge in [0.1, 0.15) is 5.75 Å². The minimum absolute atomic E-state index is 0.700. The molecule has 0 amide bonds. The summed E-state index contributed by atoms with van der Waals surface area (Å²) < 4.78 is 5.52. The fourth-order valence-electron chi connectivity index (χ4n) is 2.97. The lowest BCUT2D eigenvalue weighted by atomic mass is 9.69. The zero-order valence-electron chi connectivity index (χ0n) is 11.4. The molecular weight excluding hydrogens is 222 g/mol. The van der Waals surface area contributed by atoms with Gasteiger partial charge in [-0.1, -0.05) is 17.7 Å². The van der Waals surface area contributed by atoms with Crippen molar-refractivity contribution in [2.24, 2.45) is 5.92 Å². The summed E-state index contributed by atoms with van der Waals surface area (Å²) in [6, 6.07) is 7.39. The summed E-state index contributed by atoms with van der Waals surface area (Å²) in [6.07, 6.45) is 5.44. The van der Waals surface area contributed by atoms with Crippen LogP contribution in [0, 0.1) is 12.8 Å². The van der Waals surface area contributed by atoms with Gasteiger partial charge < -0.3 is 10.1 Å². The lowest BCUT2D eigenvalue weighted by Crippen LogP contribution is -2.35. The number of rotatable bonds is 5. The Labute approximate surface area is 110 Å². The summed E-state index contributed by atoms with van der Waals surface area (Å²) in [4.78, 5) is 0. The number of ether oxygens (including phenoxy) is 1. The second-order valence-corrected chi connectivity index (χ2v) is 5.87. The van der Waals surface area contributed by atoms with Crippen molar-refractivity contribution >= 4 is 0 Å². The van der Waals surface area contributed by atoms with E-state index in [0.29, 0.717) is 5.92 Å². The fourth-order valence-corrected chi connectivity index (χ4v) is 2.97. The van der Waals surface area contributed by atoms with Gasteiger partial charge in [-0.2, -0.15) is 0 Å². The van der Waals surface area contributed by atoms with Crippen molar-refractivity contribution in [3.05, 3.63) is 29.3 Å². The van der Waals surface area contributed by atoms with Crippen LogP contribution in [0.5, 0.6) is 5.75 Å². The SMILES string of the molecule is COc1ccc(C)cc1C1CCC1CNC1CC1. The van der Waals surface area contributed by atoms with Crippen molar-refractivity contribution in [2.75, 3.05) is 13.7 Å². The number of methoxy groups -OCH3 is 1. The molecule has 2 heteroatoms. The molecule has 3 rings (SSSR count). The Balaban J connectivity index is 1.70. The van der Waals surface area contributed by atoms with Crippen LogP contribution in [-0.4, -0.2) is 19.7 Å². The molecule has 1 aromatic rings. The molecule has 0 aromatic heterocycles. The first kappa shape index (κ1) is 12.0. The Hall–Kier alpha value is -1.02. The van der Waals surface area contributed by atoms with Crippen LogP contribution in [0.4, 0.5) is 0 Å². The highest BCUT2D eigenvalue weighted by Gasteiger charge is 2.35. The first-order valence-electron chi connectivity index (χ1n) is 7.16. The van der Waals surface area contributed by atoms with Gasteiger partial charge in [-0.25, -0.2) is 0 Å². The van der Waals surface area contributed by atoms with Crippen molar-refractivity contribution in [1.29, 1.82) is 0 Å². The Morgan fingerprint density at radius 3 is 2.67 bits per heavy atom. The van der Waals surface area contributed by atoms with Crippen molar-refractivity contribution in [1.82, 2.24) is 5.32 Å². The van der Waals surface area contributed by atoms with Gasteiger partial charge >= 0.3 is 0 Å². The average Bonchev–Trinajstić information content (AvgIpc) is 3.12. The molecule has 2 aliphatic rings. The van der Waals surface area contributed by atoms with Crippen molar-refractivity contribution in [2.45, 2.75) is 44.6 Å². The molecule has 2 fully saturated rings. The summed E-state index contributed by atoms with van der Waals surface area (Å²) in [7, 11) is 1.78. The third-order valence-electron chi connectivity index (χ3n) is 4.45. The largest absolute Gasteiger partial charge is 0.496 e. The molecule has 0 heterocycles. The highest BCUT2D eigenvalue weighted by Crippen LogP contribution is 2.45. The molecule has 2 saturated carbocycles. The zero-order valence-corrected chi connectivity index (χ0v) is 11.4. The molecule has 0 saturated heterocycles. The Morgan fingerprint density at radius 1 is 1.22 bits per heavy atom. The van der Waals surface area contributed by atoms with E-state index >= 15 is 0 Å². The zero-order chi connectivity index (χ0) is 12.5. The Morgan fingerprint density at radius 2 is 2.06 bits per heavy atom. The van der Waals surface area contributed by atoms with Gasteiger partial charge in [-0.15, -0.1) is 0 Å². The third-order valence-corrected chi connectivity index (χ3v) is 4.45. The average molecular weight is 245 g/mol. The molecule has 0 bridgehead atoms. The minimum Gasteiger partial charge on any atom is -0.496 e. The van der Waals surface area contributed by atoms with Crippen LogP contribution in [0.15, 0.2) is 18.2 Å². The molecule has 0 spiro atoms. The standard InChI is InChI=1S/C16H23NO/c1-11-3-8-16(18-2)15(9-11)14-7-4-12(14)10-17-13-5-6-13/h3,8-9,12-14,17H,4-7,10H2,1-2H3. The molecule has 2 aliphatic carbocycles. The maximum Gasteiger partial charge on any atom is 0.122 e. The summed E-state index contributed by atoms with van der Waals surface area (Å²) in [6.45, 7) is 3.35. The Kier molecular flexibility index (Phi) is 3.29. The molecule has 0 aliphatic heterocycles. The van der Waals surface area contributed by atoms with Gasteiger partial charge in [0.25, 0.3) is 0 Å². The molecule has 98 valence electrons. The van der Waals surface area contributed by atoms with E-state index in [9.17, 15) is 0 Å². The smallest absolute Gasteiger partial charge is 0.122 e. The maximum absolute atomic E-state index is 5.52. The van der Waals surface area contributed by atoms with E-state index in [0.717, 1.165) is 17.7 Å². The highest BCUT2D eigenvalue weighted by molar-refractivity contribution is 5.40. The van der Waals surface area contributed by atoms with E-state index in [1.165, 1.54) is 43.4 Å². The van der Waals surface area contributed by atoms with Gasteiger partial charge in [-0.05, 0) is 62.6 Å². The maximum atomic E-state index is 5.52. The molecule has 18 heavy (non-hydrogen) atoms. The number of nitrogens with one attached hydrogen (secondary N) is 1. The van der Waals surface area contributed by atoms with Crippen molar-refractivity contribution in [3.8, 4) is 5.75 Å². The van der Waals surface area contributed by atoms with E-state index in [1.807, 2.05) is 0 Å². The van der Waals surface area contributed by atoms with Gasteiger partial charge in [-0.3, -0.25) is 0 Å². The van der Waals surface area contributed by atoms with Crippen LogP contribution in [0.1, 0.15) is 42.7 Å². The van der Waals surface area contributed by atoms with Crippen LogP contribution >= 0.6 is 0 Å². The van der Waals surface area contributed by atoms with E-state index in [-0.39, 0.29) is 0 Å². The van der Waals surface area contributed by atoms with E-state index in [4.69, 9.17) is 4.74 Å². The van der Waals surface area contributed by atoms with Crippen LogP contribution in [-0.2, 0) is 0 Å². The molecule has 0 radical (unpaired) electrons.